The quantitative estimate of drug-likeness (QED) is 0.585. The van der Waals surface area contributed by atoms with Crippen molar-refractivity contribution < 1.29 is 9.53 Å². The highest BCUT2D eigenvalue weighted by Gasteiger charge is 2.19. The Hall–Kier alpha value is -0.380. The summed E-state index contributed by atoms with van der Waals surface area (Å²) < 4.78 is 4.40. The Bertz CT molecular complexity index is 114. The van der Waals surface area contributed by atoms with Gasteiger partial charge in [-0.15, -0.1) is 0 Å². The van der Waals surface area contributed by atoms with Crippen LogP contribution >= 0.6 is 11.8 Å². The van der Waals surface area contributed by atoms with Gasteiger partial charge in [0.15, 0.2) is 0 Å². The zero-order chi connectivity index (χ0) is 6.69. The van der Waals surface area contributed by atoms with Crippen LogP contribution in [0.4, 0.5) is 4.79 Å². The number of alkyl carbamates (subject to hydrolysis) is 1. The topological polar surface area (TPSA) is 38.3 Å². The summed E-state index contributed by atoms with van der Waals surface area (Å²) in [7, 11) is 1.38. The van der Waals surface area contributed by atoms with E-state index in [9.17, 15) is 4.79 Å². The monoisotopic (exact) mass is 147 g/mol. The van der Waals surface area contributed by atoms with Crippen molar-refractivity contribution >= 4 is 17.9 Å². The van der Waals surface area contributed by atoms with Gasteiger partial charge < -0.3 is 10.1 Å². The third kappa shape index (κ3) is 1.78. The molecule has 9 heavy (non-hydrogen) atoms. The number of nitrogens with one attached hydrogen (secondary N) is 1. The minimum Gasteiger partial charge on any atom is -0.453 e. The molecule has 0 aliphatic carbocycles. The van der Waals surface area contributed by atoms with Gasteiger partial charge in [-0.1, -0.05) is 0 Å². The van der Waals surface area contributed by atoms with Gasteiger partial charge in [0, 0.05) is 11.5 Å². The van der Waals surface area contributed by atoms with Gasteiger partial charge in [-0.3, -0.25) is 0 Å². The molecule has 0 atom stereocenters. The third-order valence-corrected chi connectivity index (χ3v) is 2.42. The molecule has 1 aliphatic rings. The maximum atomic E-state index is 10.5. The van der Waals surface area contributed by atoms with Crippen molar-refractivity contribution in [2.24, 2.45) is 0 Å². The number of ether oxygens (including phenoxy) is 1. The molecule has 1 fully saturated rings. The van der Waals surface area contributed by atoms with Gasteiger partial charge in [-0.2, -0.15) is 11.8 Å². The third-order valence-electron chi connectivity index (χ3n) is 1.15. The highest BCUT2D eigenvalue weighted by Crippen LogP contribution is 2.16. The van der Waals surface area contributed by atoms with Crippen molar-refractivity contribution in [3.8, 4) is 0 Å². The fourth-order valence-corrected chi connectivity index (χ4v) is 1.18. The van der Waals surface area contributed by atoms with Gasteiger partial charge in [0.1, 0.15) is 0 Å². The molecule has 4 heteroatoms. The lowest BCUT2D eigenvalue weighted by Crippen LogP contribution is -2.43. The number of amides is 1. The molecular weight excluding hydrogens is 138 g/mol. The van der Waals surface area contributed by atoms with Crippen molar-refractivity contribution in [1.82, 2.24) is 5.32 Å². The molecule has 0 aromatic rings. The molecule has 1 N–H and O–H groups in total. The normalized spacial score (nSPS) is 18.3. The maximum Gasteiger partial charge on any atom is 0.407 e. The summed E-state index contributed by atoms with van der Waals surface area (Å²) in [6.07, 6.45) is -0.319. The van der Waals surface area contributed by atoms with Crippen molar-refractivity contribution in [2.75, 3.05) is 18.6 Å². The molecule has 0 saturated carbocycles. The van der Waals surface area contributed by atoms with E-state index in [1.54, 1.807) is 0 Å². The molecule has 0 unspecified atom stereocenters. The lowest BCUT2D eigenvalue weighted by Gasteiger charge is -2.24. The van der Waals surface area contributed by atoms with Crippen molar-refractivity contribution in [3.05, 3.63) is 0 Å². The van der Waals surface area contributed by atoms with Gasteiger partial charge in [0.05, 0.1) is 13.2 Å². The highest BCUT2D eigenvalue weighted by atomic mass is 32.2. The summed E-state index contributed by atoms with van der Waals surface area (Å²) in [4.78, 5) is 10.5. The average molecular weight is 147 g/mol. The fraction of sp³-hybridized carbons (Fsp3) is 0.800. The van der Waals surface area contributed by atoms with Crippen LogP contribution in [0.2, 0.25) is 0 Å². The average Bonchev–Trinajstić information content (AvgIpc) is 1.78. The Morgan fingerprint density at radius 1 is 1.78 bits per heavy atom. The summed E-state index contributed by atoms with van der Waals surface area (Å²) in [5, 5.41) is 2.68. The van der Waals surface area contributed by atoms with Crippen LogP contribution in [0.25, 0.3) is 0 Å². The van der Waals surface area contributed by atoms with Crippen molar-refractivity contribution in [1.29, 1.82) is 0 Å². The van der Waals surface area contributed by atoms with E-state index >= 15 is 0 Å². The Kier molecular flexibility index (Phi) is 2.22. The van der Waals surface area contributed by atoms with Gasteiger partial charge in [0.25, 0.3) is 0 Å². The number of hydrogen-bond acceptors (Lipinski definition) is 3. The first-order valence-corrected chi connectivity index (χ1v) is 3.90. The molecule has 0 spiro atoms. The molecule has 3 nitrogen and oxygen atoms in total. The molecule has 1 rings (SSSR count). The van der Waals surface area contributed by atoms with Crippen LogP contribution in [0.15, 0.2) is 0 Å². The molecule has 1 amide bonds. The van der Waals surface area contributed by atoms with Crippen molar-refractivity contribution in [3.63, 3.8) is 0 Å². The fourth-order valence-electron chi connectivity index (χ4n) is 0.545. The largest absolute Gasteiger partial charge is 0.453 e. The van der Waals surface area contributed by atoms with Crippen LogP contribution in [0.5, 0.6) is 0 Å². The summed E-state index contributed by atoms with van der Waals surface area (Å²) >= 11 is 1.83. The van der Waals surface area contributed by atoms with E-state index in [0.717, 1.165) is 11.5 Å². The van der Waals surface area contributed by atoms with Crippen LogP contribution in [-0.2, 0) is 4.74 Å². The van der Waals surface area contributed by atoms with Gasteiger partial charge >= 0.3 is 6.09 Å². The Morgan fingerprint density at radius 2 is 2.44 bits per heavy atom. The summed E-state index contributed by atoms with van der Waals surface area (Å²) in [5.74, 6) is 2.05. The molecule has 52 valence electrons. The molecule has 0 radical (unpaired) electrons. The van der Waals surface area contributed by atoms with E-state index in [0.29, 0.717) is 6.04 Å². The van der Waals surface area contributed by atoms with E-state index in [1.165, 1.54) is 7.11 Å². The predicted octanol–water partition coefficient (Wildman–Crippen LogP) is 0.458. The lowest BCUT2D eigenvalue weighted by molar-refractivity contribution is 0.168. The molecule has 1 aliphatic heterocycles. The standard InChI is InChI=1S/C5H9NO2S/c1-8-5(7)6-4-2-9-3-4/h4H,2-3H2,1H3,(H,6,7). The van der Waals surface area contributed by atoms with E-state index in [2.05, 4.69) is 10.1 Å². The first-order valence-electron chi connectivity index (χ1n) is 2.75. The Balaban J connectivity index is 2.09. The first kappa shape index (κ1) is 6.74. The van der Waals surface area contributed by atoms with Crippen LogP contribution < -0.4 is 5.32 Å². The SMILES string of the molecule is COC(=O)NC1CSC1. The minimum absolute atomic E-state index is 0.319. The zero-order valence-electron chi connectivity index (χ0n) is 5.22. The zero-order valence-corrected chi connectivity index (χ0v) is 6.03. The van der Waals surface area contributed by atoms with Gasteiger partial charge in [0.2, 0.25) is 0 Å². The number of thioether (sulfide) groups is 1. The minimum atomic E-state index is -0.319. The second kappa shape index (κ2) is 2.96. The summed E-state index contributed by atoms with van der Waals surface area (Å²) in [5.41, 5.74) is 0. The second-order valence-electron chi connectivity index (χ2n) is 1.87. The Morgan fingerprint density at radius 3 is 2.78 bits per heavy atom. The number of methoxy groups -OCH3 is 1. The molecule has 0 aromatic carbocycles. The van der Waals surface area contributed by atoms with Crippen LogP contribution in [0.1, 0.15) is 0 Å². The van der Waals surface area contributed by atoms with E-state index in [-0.39, 0.29) is 6.09 Å². The van der Waals surface area contributed by atoms with Gasteiger partial charge in [-0.05, 0) is 0 Å². The molecule has 0 bridgehead atoms. The smallest absolute Gasteiger partial charge is 0.407 e. The molecule has 1 heterocycles. The second-order valence-corrected chi connectivity index (χ2v) is 2.95. The van der Waals surface area contributed by atoms with Crippen LogP contribution in [0, 0.1) is 0 Å². The highest BCUT2D eigenvalue weighted by molar-refractivity contribution is 8.00. The summed E-state index contributed by atoms with van der Waals surface area (Å²) in [6, 6.07) is 0.349. The Labute approximate surface area is 58.1 Å². The predicted molar refractivity (Wildman–Crippen MR) is 36.7 cm³/mol. The maximum absolute atomic E-state index is 10.5. The first-order chi connectivity index (χ1) is 4.33. The molecular formula is C5H9NO2S. The number of rotatable bonds is 1. The van der Waals surface area contributed by atoms with E-state index in [4.69, 9.17) is 0 Å². The molecule has 0 aromatic heterocycles. The lowest BCUT2D eigenvalue weighted by atomic mass is 10.4. The number of carbonyl (C=O) groups is 1. The number of hydrogen-bond donors (Lipinski definition) is 1. The summed E-state index contributed by atoms with van der Waals surface area (Å²) in [6.45, 7) is 0. The number of carbonyl (C=O) groups excluding carboxylic acids is 1. The molecule has 1 saturated heterocycles. The van der Waals surface area contributed by atoms with E-state index < -0.39 is 0 Å². The van der Waals surface area contributed by atoms with Crippen LogP contribution in [0.3, 0.4) is 0 Å². The van der Waals surface area contributed by atoms with Crippen molar-refractivity contribution in [2.45, 2.75) is 6.04 Å². The van der Waals surface area contributed by atoms with Gasteiger partial charge in [-0.25, -0.2) is 4.79 Å². The van der Waals surface area contributed by atoms with E-state index in [1.807, 2.05) is 11.8 Å². The van der Waals surface area contributed by atoms with Crippen LogP contribution in [-0.4, -0.2) is 30.8 Å².